The van der Waals surface area contributed by atoms with E-state index < -0.39 is 23.9 Å². The molecule has 0 fully saturated rings. The first kappa shape index (κ1) is 35.7. The van der Waals surface area contributed by atoms with Crippen LogP contribution in [0.5, 0.6) is 17.2 Å². The second-order valence-corrected chi connectivity index (χ2v) is 10.1. The largest absolute Gasteiger partial charge is 0.497 e. The van der Waals surface area contributed by atoms with Crippen LogP contribution in [0.2, 0.25) is 0 Å². The van der Waals surface area contributed by atoms with Gasteiger partial charge >= 0.3 is 6.09 Å². The van der Waals surface area contributed by atoms with Gasteiger partial charge in [0, 0.05) is 19.2 Å². The first-order valence-electron chi connectivity index (χ1n) is 14.9. The van der Waals surface area contributed by atoms with E-state index >= 15 is 0 Å². The smallest absolute Gasteiger partial charge is 0.407 e. The lowest BCUT2D eigenvalue weighted by atomic mass is 10.1. The van der Waals surface area contributed by atoms with Gasteiger partial charge in [0.1, 0.15) is 25.0 Å². The van der Waals surface area contributed by atoms with E-state index in [9.17, 15) is 14.4 Å². The monoisotopic (exact) mass is 637 g/mol. The fourth-order valence-electron chi connectivity index (χ4n) is 4.30. The highest BCUT2D eigenvalue weighted by Gasteiger charge is 2.25. The Morgan fingerprint density at radius 1 is 0.804 bits per heavy atom. The van der Waals surface area contributed by atoms with Crippen LogP contribution >= 0.6 is 0 Å². The number of hydrogen-bond acceptors (Lipinski definition) is 9. The lowest BCUT2D eigenvalue weighted by molar-refractivity contribution is -0.171. The summed E-state index contributed by atoms with van der Waals surface area (Å²) in [6.45, 7) is 1.58. The molecule has 0 saturated heterocycles. The minimum Gasteiger partial charge on any atom is -0.497 e. The van der Waals surface area contributed by atoms with Crippen molar-refractivity contribution in [3.63, 3.8) is 0 Å². The van der Waals surface area contributed by atoms with Crippen LogP contribution in [0.15, 0.2) is 72.8 Å². The van der Waals surface area contributed by atoms with E-state index in [0.29, 0.717) is 56.1 Å². The summed E-state index contributed by atoms with van der Waals surface area (Å²) >= 11 is 0. The standard InChI is InChI=1S/C34H43N3O9/c1-37(43-4)33(39)29(12-8-9-19-35-34(40)46-24-25-10-6-5-7-11-25)36-32(38)27-15-18-30(31(22-27)42-3)45-21-20-44-23-26-13-16-28(41-2)17-14-26/h5-7,10-11,13-18,22,29H,8-9,12,19-21,23-24H2,1-4H3,(H,35,40)(H,36,38). The van der Waals surface area contributed by atoms with E-state index in [2.05, 4.69) is 10.6 Å². The van der Waals surface area contributed by atoms with Crippen molar-refractivity contribution in [2.75, 3.05) is 48.1 Å². The van der Waals surface area contributed by atoms with Crippen LogP contribution in [0.25, 0.3) is 0 Å². The Bertz CT molecular complexity index is 1370. The molecule has 12 heteroatoms. The zero-order valence-corrected chi connectivity index (χ0v) is 26.8. The maximum Gasteiger partial charge on any atom is 0.407 e. The highest BCUT2D eigenvalue weighted by molar-refractivity contribution is 5.97. The van der Waals surface area contributed by atoms with Crippen LogP contribution in [0.3, 0.4) is 0 Å². The number of ether oxygens (including phenoxy) is 5. The summed E-state index contributed by atoms with van der Waals surface area (Å²) in [6, 6.07) is 20.9. The number of carbonyl (C=O) groups excluding carboxylic acids is 3. The van der Waals surface area contributed by atoms with Gasteiger partial charge in [-0.05, 0) is 60.7 Å². The molecular formula is C34H43N3O9. The average Bonchev–Trinajstić information content (AvgIpc) is 3.09. The second-order valence-electron chi connectivity index (χ2n) is 10.1. The van der Waals surface area contributed by atoms with Crippen molar-refractivity contribution in [3.8, 4) is 17.2 Å². The first-order chi connectivity index (χ1) is 22.3. The number of hydrogen-bond donors (Lipinski definition) is 2. The summed E-state index contributed by atoms with van der Waals surface area (Å²) < 4.78 is 27.3. The minimum absolute atomic E-state index is 0.177. The second kappa shape index (κ2) is 19.6. The molecule has 12 nitrogen and oxygen atoms in total. The molecule has 248 valence electrons. The van der Waals surface area contributed by atoms with Crippen molar-refractivity contribution in [2.45, 2.75) is 38.5 Å². The van der Waals surface area contributed by atoms with E-state index in [-0.39, 0.29) is 13.2 Å². The number of amides is 3. The molecule has 0 aliphatic rings. The molecule has 3 amide bonds. The number of nitrogens with one attached hydrogen (secondary N) is 2. The number of unbranched alkanes of at least 4 members (excludes halogenated alkanes) is 1. The van der Waals surface area contributed by atoms with Gasteiger partial charge in [0.25, 0.3) is 11.8 Å². The van der Waals surface area contributed by atoms with Crippen molar-refractivity contribution in [1.29, 1.82) is 0 Å². The molecule has 1 unspecified atom stereocenters. The molecule has 0 aromatic heterocycles. The van der Waals surface area contributed by atoms with Crippen molar-refractivity contribution < 1.29 is 42.9 Å². The fraction of sp³-hybridized carbons (Fsp3) is 0.382. The number of benzene rings is 3. The minimum atomic E-state index is -0.854. The zero-order chi connectivity index (χ0) is 33.1. The van der Waals surface area contributed by atoms with Crippen LogP contribution < -0.4 is 24.8 Å². The number of nitrogens with zero attached hydrogens (tertiary/aromatic N) is 1. The molecule has 2 N–H and O–H groups in total. The maximum absolute atomic E-state index is 13.2. The van der Waals surface area contributed by atoms with Crippen molar-refractivity contribution in [1.82, 2.24) is 15.7 Å². The maximum atomic E-state index is 13.2. The van der Waals surface area contributed by atoms with Crippen molar-refractivity contribution >= 4 is 17.9 Å². The number of rotatable bonds is 19. The SMILES string of the molecule is COc1ccc(COCCOc2ccc(C(=O)NC(CCCCNC(=O)OCc3ccccc3)C(=O)N(C)OC)cc2OC)cc1. The number of carbonyl (C=O) groups is 3. The average molecular weight is 638 g/mol. The van der Waals surface area contributed by atoms with Gasteiger partial charge in [-0.15, -0.1) is 0 Å². The number of alkyl carbamates (subject to hydrolysis) is 1. The van der Waals surface area contributed by atoms with Gasteiger partial charge in [-0.25, -0.2) is 9.86 Å². The molecule has 0 spiro atoms. The Balaban J connectivity index is 1.46. The summed E-state index contributed by atoms with van der Waals surface area (Å²) in [6.07, 6.45) is 0.921. The third-order valence-corrected chi connectivity index (χ3v) is 6.93. The van der Waals surface area contributed by atoms with Gasteiger partial charge in [-0.2, -0.15) is 0 Å². The Labute approximate surface area is 269 Å². The molecule has 46 heavy (non-hydrogen) atoms. The summed E-state index contributed by atoms with van der Waals surface area (Å²) in [5.74, 6) is 0.730. The summed E-state index contributed by atoms with van der Waals surface area (Å²) in [7, 11) is 5.95. The molecule has 1 atom stereocenters. The highest BCUT2D eigenvalue weighted by Crippen LogP contribution is 2.28. The van der Waals surface area contributed by atoms with E-state index in [1.807, 2.05) is 54.6 Å². The van der Waals surface area contributed by atoms with Crippen molar-refractivity contribution in [2.24, 2.45) is 0 Å². The Morgan fingerprint density at radius 2 is 1.54 bits per heavy atom. The van der Waals surface area contributed by atoms with Crippen LogP contribution in [0.4, 0.5) is 4.79 Å². The van der Waals surface area contributed by atoms with Gasteiger partial charge in [-0.3, -0.25) is 14.4 Å². The molecule has 3 rings (SSSR count). The third kappa shape index (κ3) is 11.9. The van der Waals surface area contributed by atoms with Gasteiger partial charge in [0.15, 0.2) is 11.5 Å². The molecule has 0 radical (unpaired) electrons. The fourth-order valence-corrected chi connectivity index (χ4v) is 4.30. The number of hydroxylamine groups is 2. The van der Waals surface area contributed by atoms with Crippen LogP contribution in [0, 0.1) is 0 Å². The van der Waals surface area contributed by atoms with Gasteiger partial charge in [0.05, 0.1) is 34.5 Å². The Morgan fingerprint density at radius 3 is 2.24 bits per heavy atom. The summed E-state index contributed by atoms with van der Waals surface area (Å²) in [5.41, 5.74) is 2.20. The number of likely N-dealkylation sites (N-methyl/N-ethyl adjacent to an activating group) is 1. The lowest BCUT2D eigenvalue weighted by Crippen LogP contribution is -2.47. The molecule has 0 aliphatic heterocycles. The number of methoxy groups -OCH3 is 2. The summed E-state index contributed by atoms with van der Waals surface area (Å²) in [5, 5.41) is 6.56. The Hall–Kier alpha value is -4.81. The summed E-state index contributed by atoms with van der Waals surface area (Å²) in [4.78, 5) is 43.1. The van der Waals surface area contributed by atoms with E-state index in [4.69, 9.17) is 28.5 Å². The van der Waals surface area contributed by atoms with Crippen molar-refractivity contribution in [3.05, 3.63) is 89.5 Å². The molecule has 3 aromatic rings. The molecule has 0 saturated carbocycles. The van der Waals surface area contributed by atoms with Crippen LogP contribution in [-0.4, -0.2) is 77.1 Å². The molecule has 3 aromatic carbocycles. The lowest BCUT2D eigenvalue weighted by Gasteiger charge is -2.23. The van der Waals surface area contributed by atoms with Gasteiger partial charge in [-0.1, -0.05) is 42.5 Å². The molecule has 0 aliphatic carbocycles. The third-order valence-electron chi connectivity index (χ3n) is 6.93. The van der Waals surface area contributed by atoms with E-state index in [1.165, 1.54) is 21.3 Å². The topological polar surface area (TPSA) is 134 Å². The van der Waals surface area contributed by atoms with E-state index in [0.717, 1.165) is 21.9 Å². The normalized spacial score (nSPS) is 11.2. The molecule has 0 bridgehead atoms. The molecular weight excluding hydrogens is 594 g/mol. The highest BCUT2D eigenvalue weighted by atomic mass is 16.7. The Kier molecular flexibility index (Phi) is 15.2. The van der Waals surface area contributed by atoms with E-state index in [1.54, 1.807) is 25.3 Å². The zero-order valence-electron chi connectivity index (χ0n) is 26.8. The van der Waals surface area contributed by atoms with Crippen LogP contribution in [-0.2, 0) is 32.3 Å². The quantitative estimate of drug-likeness (QED) is 0.144. The molecule has 0 heterocycles. The predicted molar refractivity (Wildman–Crippen MR) is 171 cm³/mol. The van der Waals surface area contributed by atoms with Gasteiger partial charge in [0.2, 0.25) is 0 Å². The van der Waals surface area contributed by atoms with Crippen LogP contribution in [0.1, 0.15) is 40.7 Å². The van der Waals surface area contributed by atoms with Gasteiger partial charge < -0.3 is 34.3 Å². The predicted octanol–water partition coefficient (Wildman–Crippen LogP) is 4.51. The first-order valence-corrected chi connectivity index (χ1v) is 14.9.